The highest BCUT2D eigenvalue weighted by Crippen LogP contribution is 2.34. The van der Waals surface area contributed by atoms with Crippen LogP contribution >= 0.6 is 0 Å². The van der Waals surface area contributed by atoms with Gasteiger partial charge in [-0.2, -0.15) is 0 Å². The average Bonchev–Trinajstić information content (AvgIpc) is 2.86. The van der Waals surface area contributed by atoms with Gasteiger partial charge in [-0.25, -0.2) is 4.79 Å². The van der Waals surface area contributed by atoms with Gasteiger partial charge in [-0.15, -0.1) is 0 Å². The number of ether oxygens (including phenoxy) is 3. The molecule has 0 aromatic heterocycles. The monoisotopic (exact) mass is 319 g/mol. The van der Waals surface area contributed by atoms with Gasteiger partial charge < -0.3 is 24.6 Å². The lowest BCUT2D eigenvalue weighted by Crippen LogP contribution is -2.52. The number of nitrogens with one attached hydrogen (secondary N) is 1. The minimum Gasteiger partial charge on any atom is -0.445 e. The van der Waals surface area contributed by atoms with E-state index in [-0.39, 0.29) is 6.61 Å². The zero-order chi connectivity index (χ0) is 16.4. The molecule has 1 saturated heterocycles. The maximum atomic E-state index is 12.0. The summed E-state index contributed by atoms with van der Waals surface area (Å²) in [6, 6.07) is 9.04. The number of rotatable bonds is 3. The van der Waals surface area contributed by atoms with Crippen LogP contribution in [0.25, 0.3) is 0 Å². The first kappa shape index (κ1) is 16.0. The van der Waals surface area contributed by atoms with Crippen molar-refractivity contribution in [2.75, 3.05) is 0 Å². The van der Waals surface area contributed by atoms with E-state index in [2.05, 4.69) is 5.32 Å². The van der Waals surface area contributed by atoms with Crippen molar-refractivity contribution in [2.45, 2.75) is 50.6 Å². The predicted molar refractivity (Wildman–Crippen MR) is 82.5 cm³/mol. The standard InChI is InChI=1S/C17H21NO5/c1-17(2)22-14-12(8-9-13(19)15(14)23-17)18-16(20)21-10-11-6-4-3-5-7-11/h3-9,12-15,19H,10H2,1-2H3,(H,18,20). The van der Waals surface area contributed by atoms with Crippen LogP contribution in [0.3, 0.4) is 0 Å². The van der Waals surface area contributed by atoms with Crippen LogP contribution in [0.4, 0.5) is 4.79 Å². The van der Waals surface area contributed by atoms with Crippen LogP contribution in [0.1, 0.15) is 19.4 Å². The minimum atomic E-state index is -0.795. The summed E-state index contributed by atoms with van der Waals surface area (Å²) in [5.74, 6) is -0.795. The molecule has 0 radical (unpaired) electrons. The molecule has 4 unspecified atom stereocenters. The Morgan fingerprint density at radius 1 is 1.22 bits per heavy atom. The molecule has 0 saturated carbocycles. The molecule has 1 heterocycles. The van der Waals surface area contributed by atoms with E-state index in [1.165, 1.54) is 0 Å². The molecule has 6 heteroatoms. The highest BCUT2D eigenvalue weighted by atomic mass is 16.8. The SMILES string of the molecule is CC1(C)OC2C(O)C=CC(NC(=O)OCc3ccccc3)C2O1. The quantitative estimate of drug-likeness (QED) is 0.830. The number of aliphatic hydroxyl groups is 1. The number of amides is 1. The number of benzene rings is 1. The molecular weight excluding hydrogens is 298 g/mol. The Bertz CT molecular complexity index is 586. The molecular formula is C17H21NO5. The Kier molecular flexibility index (Phi) is 4.39. The molecule has 1 amide bonds. The minimum absolute atomic E-state index is 0.197. The number of aliphatic hydroxyl groups excluding tert-OH is 1. The van der Waals surface area contributed by atoms with E-state index < -0.39 is 36.2 Å². The lowest BCUT2D eigenvalue weighted by Gasteiger charge is -2.30. The van der Waals surface area contributed by atoms with Crippen molar-refractivity contribution in [1.82, 2.24) is 5.32 Å². The van der Waals surface area contributed by atoms with Gasteiger partial charge in [0.1, 0.15) is 24.9 Å². The first-order valence-electron chi connectivity index (χ1n) is 7.64. The normalized spacial score (nSPS) is 31.4. The van der Waals surface area contributed by atoms with Gasteiger partial charge in [0.25, 0.3) is 0 Å². The maximum absolute atomic E-state index is 12.0. The molecule has 1 aromatic rings. The third kappa shape index (κ3) is 3.72. The molecule has 1 aromatic carbocycles. The van der Waals surface area contributed by atoms with Gasteiger partial charge in [0.2, 0.25) is 0 Å². The first-order valence-corrected chi connectivity index (χ1v) is 7.64. The number of hydrogen-bond acceptors (Lipinski definition) is 5. The number of carbonyl (C=O) groups is 1. The smallest absolute Gasteiger partial charge is 0.408 e. The van der Waals surface area contributed by atoms with Crippen LogP contribution in [-0.4, -0.2) is 41.3 Å². The summed E-state index contributed by atoms with van der Waals surface area (Å²) in [5, 5.41) is 12.7. The zero-order valence-electron chi connectivity index (χ0n) is 13.1. The van der Waals surface area contributed by atoms with Crippen molar-refractivity contribution in [3.63, 3.8) is 0 Å². The molecule has 2 N–H and O–H groups in total. The van der Waals surface area contributed by atoms with E-state index in [0.29, 0.717) is 0 Å². The second kappa shape index (κ2) is 6.31. The molecule has 1 aliphatic heterocycles. The van der Waals surface area contributed by atoms with Crippen LogP contribution in [0.2, 0.25) is 0 Å². The summed E-state index contributed by atoms with van der Waals surface area (Å²) in [6.45, 7) is 3.76. The van der Waals surface area contributed by atoms with Crippen LogP contribution in [0.15, 0.2) is 42.5 Å². The van der Waals surface area contributed by atoms with Crippen molar-refractivity contribution in [3.05, 3.63) is 48.0 Å². The Labute approximate surface area is 135 Å². The molecule has 1 fully saturated rings. The third-order valence-corrected chi connectivity index (χ3v) is 3.87. The molecule has 4 atom stereocenters. The molecule has 0 bridgehead atoms. The molecule has 3 rings (SSSR count). The fourth-order valence-electron chi connectivity index (χ4n) is 2.84. The molecule has 124 valence electrons. The summed E-state index contributed by atoms with van der Waals surface area (Å²) in [7, 11) is 0. The van der Waals surface area contributed by atoms with Gasteiger partial charge in [-0.05, 0) is 19.4 Å². The zero-order valence-corrected chi connectivity index (χ0v) is 13.1. The topological polar surface area (TPSA) is 77.0 Å². The Morgan fingerprint density at radius 2 is 1.91 bits per heavy atom. The van der Waals surface area contributed by atoms with Crippen molar-refractivity contribution in [3.8, 4) is 0 Å². The summed E-state index contributed by atoms with van der Waals surface area (Å²) in [5.41, 5.74) is 0.914. The molecule has 6 nitrogen and oxygen atoms in total. The highest BCUT2D eigenvalue weighted by molar-refractivity contribution is 5.68. The number of fused-ring (bicyclic) bond motifs is 1. The molecule has 1 aliphatic carbocycles. The summed E-state index contributed by atoms with van der Waals surface area (Å²) in [4.78, 5) is 12.0. The van der Waals surface area contributed by atoms with E-state index in [1.54, 1.807) is 26.0 Å². The highest BCUT2D eigenvalue weighted by Gasteiger charge is 2.49. The number of hydrogen-bond donors (Lipinski definition) is 2. The van der Waals surface area contributed by atoms with E-state index >= 15 is 0 Å². The lowest BCUT2D eigenvalue weighted by molar-refractivity contribution is -0.152. The van der Waals surface area contributed by atoms with E-state index in [9.17, 15) is 9.90 Å². The second-order valence-corrected chi connectivity index (χ2v) is 6.17. The second-order valence-electron chi connectivity index (χ2n) is 6.17. The van der Waals surface area contributed by atoms with Crippen molar-refractivity contribution in [1.29, 1.82) is 0 Å². The Balaban J connectivity index is 1.58. The van der Waals surface area contributed by atoms with Gasteiger partial charge >= 0.3 is 6.09 Å². The summed E-state index contributed by atoms with van der Waals surface area (Å²) >= 11 is 0. The van der Waals surface area contributed by atoms with Crippen LogP contribution < -0.4 is 5.32 Å². The van der Waals surface area contributed by atoms with Gasteiger partial charge in [0, 0.05) is 0 Å². The number of alkyl carbamates (subject to hydrolysis) is 1. The third-order valence-electron chi connectivity index (χ3n) is 3.87. The lowest BCUT2D eigenvalue weighted by atomic mass is 9.94. The van der Waals surface area contributed by atoms with Crippen LogP contribution in [0.5, 0.6) is 0 Å². The van der Waals surface area contributed by atoms with E-state index in [0.717, 1.165) is 5.56 Å². The van der Waals surface area contributed by atoms with E-state index in [1.807, 2.05) is 30.3 Å². The molecule has 0 spiro atoms. The van der Waals surface area contributed by atoms with Crippen molar-refractivity contribution in [2.24, 2.45) is 0 Å². The van der Waals surface area contributed by atoms with Gasteiger partial charge in [-0.3, -0.25) is 0 Å². The average molecular weight is 319 g/mol. The maximum Gasteiger partial charge on any atom is 0.408 e. The van der Waals surface area contributed by atoms with Crippen LogP contribution in [0, 0.1) is 0 Å². The Hall–Kier alpha value is -1.89. The first-order chi connectivity index (χ1) is 10.9. The predicted octanol–water partition coefficient (Wildman–Crippen LogP) is 1.73. The van der Waals surface area contributed by atoms with Crippen LogP contribution in [-0.2, 0) is 20.8 Å². The van der Waals surface area contributed by atoms with Gasteiger partial charge in [-0.1, -0.05) is 42.5 Å². The largest absolute Gasteiger partial charge is 0.445 e. The number of carbonyl (C=O) groups excluding carboxylic acids is 1. The van der Waals surface area contributed by atoms with Gasteiger partial charge in [0.15, 0.2) is 5.79 Å². The summed E-state index contributed by atoms with van der Waals surface area (Å²) in [6.07, 6.45) is 1.07. The molecule has 23 heavy (non-hydrogen) atoms. The molecule has 2 aliphatic rings. The van der Waals surface area contributed by atoms with Gasteiger partial charge in [0.05, 0.1) is 6.04 Å². The van der Waals surface area contributed by atoms with Crippen molar-refractivity contribution < 1.29 is 24.1 Å². The van der Waals surface area contributed by atoms with Crippen molar-refractivity contribution >= 4 is 6.09 Å². The van der Waals surface area contributed by atoms with E-state index in [4.69, 9.17) is 14.2 Å². The summed E-state index contributed by atoms with van der Waals surface area (Å²) < 4.78 is 16.7. The Morgan fingerprint density at radius 3 is 2.65 bits per heavy atom. The fraction of sp³-hybridized carbons (Fsp3) is 0.471. The fourth-order valence-corrected chi connectivity index (χ4v) is 2.84.